The van der Waals surface area contributed by atoms with Gasteiger partial charge in [-0.1, -0.05) is 24.3 Å². The molecule has 0 aliphatic carbocycles. The van der Waals surface area contributed by atoms with Crippen molar-refractivity contribution < 1.29 is 9.47 Å². The van der Waals surface area contributed by atoms with E-state index in [4.69, 9.17) is 21.7 Å². The SMILES string of the molecule is COc1cccc(-n2c(C)cc([C@@H]3[C@@H](c4ccccn4)NC(=S)N3c3ccccc3OC)c2C)c1. The van der Waals surface area contributed by atoms with E-state index in [0.29, 0.717) is 5.11 Å². The minimum atomic E-state index is -0.132. The number of nitrogens with one attached hydrogen (secondary N) is 1. The van der Waals surface area contributed by atoms with Crippen LogP contribution in [0.2, 0.25) is 0 Å². The minimum Gasteiger partial charge on any atom is -0.497 e. The summed E-state index contributed by atoms with van der Waals surface area (Å²) >= 11 is 5.90. The minimum absolute atomic E-state index is 0.126. The standard InChI is InChI=1S/C28H28N4O2S/c1-18-16-22(19(2)31(18)20-10-9-11-21(17-20)33-3)27-26(23-12-7-8-15-29-23)30-28(35)32(27)24-13-5-6-14-25(24)34-4/h5-17,26-27H,1-4H3,(H,30,35)/t26-,27-/m1/s1. The number of benzene rings is 2. The van der Waals surface area contributed by atoms with Crippen LogP contribution < -0.4 is 19.7 Å². The molecular formula is C28H28N4O2S. The monoisotopic (exact) mass is 484 g/mol. The molecule has 5 rings (SSSR count). The first-order valence-electron chi connectivity index (χ1n) is 11.5. The highest BCUT2D eigenvalue weighted by Gasteiger charge is 2.43. The molecule has 0 saturated carbocycles. The molecule has 2 aromatic heterocycles. The molecule has 2 aromatic carbocycles. The molecule has 0 amide bonds. The predicted molar refractivity (Wildman–Crippen MR) is 143 cm³/mol. The molecule has 0 radical (unpaired) electrons. The van der Waals surface area contributed by atoms with Crippen molar-refractivity contribution in [1.82, 2.24) is 14.9 Å². The highest BCUT2D eigenvalue weighted by atomic mass is 32.1. The van der Waals surface area contributed by atoms with Gasteiger partial charge in [-0.2, -0.15) is 0 Å². The van der Waals surface area contributed by atoms with Gasteiger partial charge in [-0.15, -0.1) is 0 Å². The van der Waals surface area contributed by atoms with Crippen molar-refractivity contribution in [2.45, 2.75) is 25.9 Å². The Labute approximate surface area is 211 Å². The van der Waals surface area contributed by atoms with Gasteiger partial charge < -0.3 is 24.3 Å². The zero-order valence-corrected chi connectivity index (χ0v) is 21.0. The van der Waals surface area contributed by atoms with E-state index in [0.717, 1.165) is 40.0 Å². The third kappa shape index (κ3) is 4.02. The maximum absolute atomic E-state index is 5.90. The number of aryl methyl sites for hydroxylation is 1. The second kappa shape index (κ2) is 9.43. The number of methoxy groups -OCH3 is 2. The summed E-state index contributed by atoms with van der Waals surface area (Å²) in [7, 11) is 3.37. The fourth-order valence-corrected chi connectivity index (χ4v) is 5.33. The lowest BCUT2D eigenvalue weighted by Crippen LogP contribution is -2.30. The van der Waals surface area contributed by atoms with Gasteiger partial charge in [0, 0.05) is 29.3 Å². The second-order valence-electron chi connectivity index (χ2n) is 8.53. The van der Waals surface area contributed by atoms with Gasteiger partial charge in [0.1, 0.15) is 11.5 Å². The molecule has 35 heavy (non-hydrogen) atoms. The molecule has 1 fully saturated rings. The number of anilines is 1. The molecule has 0 bridgehead atoms. The van der Waals surface area contributed by atoms with Gasteiger partial charge in [0.2, 0.25) is 0 Å². The highest BCUT2D eigenvalue weighted by Crippen LogP contribution is 2.46. The lowest BCUT2D eigenvalue weighted by Gasteiger charge is -2.29. The van der Waals surface area contributed by atoms with Crippen LogP contribution in [-0.2, 0) is 0 Å². The van der Waals surface area contributed by atoms with Crippen LogP contribution in [0, 0.1) is 13.8 Å². The summed E-state index contributed by atoms with van der Waals surface area (Å²) in [6.07, 6.45) is 1.82. The summed E-state index contributed by atoms with van der Waals surface area (Å²) in [5, 5.41) is 4.18. The number of thiocarbonyl (C=S) groups is 1. The van der Waals surface area contributed by atoms with E-state index in [9.17, 15) is 0 Å². The fraction of sp³-hybridized carbons (Fsp3) is 0.214. The number of rotatable bonds is 6. The van der Waals surface area contributed by atoms with E-state index in [-0.39, 0.29) is 12.1 Å². The first-order chi connectivity index (χ1) is 17.0. The predicted octanol–water partition coefficient (Wildman–Crippen LogP) is 5.68. The van der Waals surface area contributed by atoms with E-state index in [1.54, 1.807) is 14.2 Å². The van der Waals surface area contributed by atoms with Crippen LogP contribution in [0.3, 0.4) is 0 Å². The molecule has 0 unspecified atom stereocenters. The Hall–Kier alpha value is -3.84. The fourth-order valence-electron chi connectivity index (χ4n) is 4.99. The Morgan fingerprint density at radius 1 is 0.914 bits per heavy atom. The van der Waals surface area contributed by atoms with E-state index in [2.05, 4.69) is 51.8 Å². The molecule has 6 nitrogen and oxygen atoms in total. The molecule has 4 aromatic rings. The van der Waals surface area contributed by atoms with E-state index in [1.165, 1.54) is 5.56 Å². The Morgan fingerprint density at radius 3 is 2.46 bits per heavy atom. The van der Waals surface area contributed by atoms with Gasteiger partial charge >= 0.3 is 0 Å². The van der Waals surface area contributed by atoms with Crippen LogP contribution in [0.25, 0.3) is 5.69 Å². The van der Waals surface area contributed by atoms with E-state index < -0.39 is 0 Å². The summed E-state index contributed by atoms with van der Waals surface area (Å²) in [6, 6.07) is 24.1. The van der Waals surface area contributed by atoms with Gasteiger partial charge in [0.15, 0.2) is 5.11 Å². The first kappa shape index (κ1) is 22.9. The van der Waals surface area contributed by atoms with Crippen LogP contribution in [0.5, 0.6) is 11.5 Å². The number of ether oxygens (including phenoxy) is 2. The number of nitrogens with zero attached hydrogens (tertiary/aromatic N) is 3. The van der Waals surface area contributed by atoms with Crippen LogP contribution in [0.1, 0.15) is 34.7 Å². The molecule has 1 aliphatic rings. The maximum atomic E-state index is 5.90. The molecular weight excluding hydrogens is 456 g/mol. The van der Waals surface area contributed by atoms with Crippen molar-refractivity contribution in [2.75, 3.05) is 19.1 Å². The molecule has 2 atom stereocenters. The molecule has 7 heteroatoms. The summed E-state index contributed by atoms with van der Waals surface area (Å²) < 4.78 is 13.5. The molecule has 1 aliphatic heterocycles. The van der Waals surface area contributed by atoms with Crippen molar-refractivity contribution in [3.05, 3.63) is 102 Å². The van der Waals surface area contributed by atoms with Gasteiger partial charge in [0.25, 0.3) is 0 Å². The van der Waals surface area contributed by atoms with Gasteiger partial charge in [-0.25, -0.2) is 0 Å². The van der Waals surface area contributed by atoms with Crippen molar-refractivity contribution in [2.24, 2.45) is 0 Å². The Balaban J connectivity index is 1.70. The Bertz CT molecular complexity index is 1370. The van der Waals surface area contributed by atoms with Crippen LogP contribution in [-0.4, -0.2) is 28.9 Å². The van der Waals surface area contributed by atoms with E-state index >= 15 is 0 Å². The number of hydrogen-bond acceptors (Lipinski definition) is 4. The third-order valence-corrected chi connectivity index (χ3v) is 6.86. The largest absolute Gasteiger partial charge is 0.497 e. The summed E-state index contributed by atoms with van der Waals surface area (Å²) in [5.41, 5.74) is 6.33. The lowest BCUT2D eigenvalue weighted by molar-refractivity contribution is 0.414. The average molecular weight is 485 g/mol. The van der Waals surface area contributed by atoms with Gasteiger partial charge in [-0.3, -0.25) is 4.98 Å². The van der Waals surface area contributed by atoms with Crippen molar-refractivity contribution >= 4 is 23.0 Å². The topological polar surface area (TPSA) is 51.5 Å². The Morgan fingerprint density at radius 2 is 1.71 bits per heavy atom. The highest BCUT2D eigenvalue weighted by molar-refractivity contribution is 7.80. The van der Waals surface area contributed by atoms with Crippen LogP contribution in [0.4, 0.5) is 5.69 Å². The van der Waals surface area contributed by atoms with Crippen LogP contribution in [0.15, 0.2) is 79.0 Å². The molecule has 178 valence electrons. The van der Waals surface area contributed by atoms with E-state index in [1.807, 2.05) is 60.8 Å². The quantitative estimate of drug-likeness (QED) is 0.355. The third-order valence-electron chi connectivity index (χ3n) is 6.54. The summed E-state index contributed by atoms with van der Waals surface area (Å²) in [4.78, 5) is 6.84. The average Bonchev–Trinajstić information content (AvgIpc) is 3.39. The maximum Gasteiger partial charge on any atom is 0.174 e. The second-order valence-corrected chi connectivity index (χ2v) is 8.92. The number of aromatic nitrogens is 2. The number of para-hydroxylation sites is 2. The smallest absolute Gasteiger partial charge is 0.174 e. The zero-order chi connectivity index (χ0) is 24.5. The summed E-state index contributed by atoms with van der Waals surface area (Å²) in [5.74, 6) is 1.59. The molecule has 3 heterocycles. The number of pyridine rings is 1. The normalized spacial score (nSPS) is 17.4. The molecule has 1 saturated heterocycles. The first-order valence-corrected chi connectivity index (χ1v) is 11.9. The number of hydrogen-bond donors (Lipinski definition) is 1. The zero-order valence-electron chi connectivity index (χ0n) is 20.2. The Kier molecular flexibility index (Phi) is 6.17. The van der Waals surface area contributed by atoms with Crippen molar-refractivity contribution in [3.8, 4) is 17.2 Å². The molecule has 0 spiro atoms. The van der Waals surface area contributed by atoms with Gasteiger partial charge in [-0.05, 0) is 74.1 Å². The molecule has 1 N–H and O–H groups in total. The lowest BCUT2D eigenvalue weighted by atomic mass is 9.96. The van der Waals surface area contributed by atoms with Crippen molar-refractivity contribution in [3.63, 3.8) is 0 Å². The summed E-state index contributed by atoms with van der Waals surface area (Å²) in [6.45, 7) is 4.28. The van der Waals surface area contributed by atoms with Gasteiger partial charge in [0.05, 0.1) is 37.7 Å². The van der Waals surface area contributed by atoms with Crippen molar-refractivity contribution in [1.29, 1.82) is 0 Å². The van der Waals surface area contributed by atoms with Crippen LogP contribution >= 0.6 is 12.2 Å².